The van der Waals surface area contributed by atoms with Crippen molar-refractivity contribution in [1.82, 2.24) is 4.90 Å². The quantitative estimate of drug-likeness (QED) is 0.591. The first-order chi connectivity index (χ1) is 13.6. The Morgan fingerprint density at radius 1 is 1.10 bits per heavy atom. The number of halogens is 3. The third kappa shape index (κ3) is 6.01. The summed E-state index contributed by atoms with van der Waals surface area (Å²) >= 11 is 0. The van der Waals surface area contributed by atoms with Crippen LogP contribution in [-0.2, 0) is 11.2 Å². The van der Waals surface area contributed by atoms with E-state index < -0.39 is 12.6 Å². The first kappa shape index (κ1) is 22.2. The fraction of sp³-hybridized carbons (Fsp3) is 0.727. The van der Waals surface area contributed by atoms with Crippen molar-refractivity contribution in [2.24, 2.45) is 0 Å². The third-order valence-electron chi connectivity index (χ3n) is 5.48. The Bertz CT molecular complexity index is 700. The van der Waals surface area contributed by atoms with Crippen molar-refractivity contribution in [1.29, 1.82) is 0 Å². The van der Waals surface area contributed by atoms with E-state index >= 15 is 0 Å². The molecule has 0 saturated carbocycles. The van der Waals surface area contributed by atoms with Crippen molar-refractivity contribution in [3.8, 4) is 11.5 Å². The smallest absolute Gasteiger partial charge is 0.389 e. The zero-order valence-electron chi connectivity index (χ0n) is 17.8. The second-order valence-electron chi connectivity index (χ2n) is 8.96. The molecule has 1 fully saturated rings. The van der Waals surface area contributed by atoms with E-state index in [2.05, 4.69) is 25.7 Å². The van der Waals surface area contributed by atoms with Gasteiger partial charge in [-0.15, -0.1) is 0 Å². The van der Waals surface area contributed by atoms with E-state index in [1.54, 1.807) is 7.11 Å². The summed E-state index contributed by atoms with van der Waals surface area (Å²) < 4.78 is 54.3. The van der Waals surface area contributed by atoms with Crippen LogP contribution in [0.15, 0.2) is 12.1 Å². The Hall–Kier alpha value is -1.47. The number of nitrogens with zero attached hydrogens (tertiary/aromatic N) is 1. The molecule has 0 N–H and O–H groups in total. The monoisotopic (exact) mass is 415 g/mol. The number of hydrogen-bond donors (Lipinski definition) is 0. The molecule has 0 aliphatic carbocycles. The Morgan fingerprint density at radius 3 is 2.52 bits per heavy atom. The highest BCUT2D eigenvalue weighted by Gasteiger charge is 2.36. The minimum absolute atomic E-state index is 0.0238. The summed E-state index contributed by atoms with van der Waals surface area (Å²) in [6.45, 7) is 8.15. The molecule has 29 heavy (non-hydrogen) atoms. The van der Waals surface area contributed by atoms with Gasteiger partial charge in [-0.25, -0.2) is 0 Å². The Labute approximate surface area is 171 Å². The van der Waals surface area contributed by atoms with Crippen molar-refractivity contribution in [2.45, 2.75) is 76.8 Å². The summed E-state index contributed by atoms with van der Waals surface area (Å²) in [4.78, 5) is 2.48. The van der Waals surface area contributed by atoms with Crippen molar-refractivity contribution >= 4 is 0 Å². The van der Waals surface area contributed by atoms with E-state index in [1.165, 1.54) is 11.1 Å². The minimum Gasteiger partial charge on any atom is -0.493 e. The van der Waals surface area contributed by atoms with E-state index in [0.717, 1.165) is 32.4 Å². The van der Waals surface area contributed by atoms with Crippen LogP contribution in [0.2, 0.25) is 0 Å². The molecule has 0 radical (unpaired) electrons. The predicted molar refractivity (Wildman–Crippen MR) is 106 cm³/mol. The average Bonchev–Trinajstić information content (AvgIpc) is 2.62. The van der Waals surface area contributed by atoms with Gasteiger partial charge in [0.25, 0.3) is 0 Å². The summed E-state index contributed by atoms with van der Waals surface area (Å²) in [5, 5.41) is 0. The van der Waals surface area contributed by atoms with E-state index in [0.29, 0.717) is 17.5 Å². The molecule has 1 aromatic carbocycles. The molecule has 1 saturated heterocycles. The Balaban J connectivity index is 1.68. The second kappa shape index (κ2) is 8.72. The first-order valence-corrected chi connectivity index (χ1v) is 10.4. The van der Waals surface area contributed by atoms with Gasteiger partial charge in [0, 0.05) is 25.6 Å². The minimum atomic E-state index is -4.15. The van der Waals surface area contributed by atoms with Crippen molar-refractivity contribution in [3.05, 3.63) is 23.3 Å². The normalized spacial score (nSPS) is 22.7. The molecule has 2 aliphatic heterocycles. The molecule has 2 heterocycles. The van der Waals surface area contributed by atoms with Crippen LogP contribution in [0.4, 0.5) is 13.2 Å². The van der Waals surface area contributed by atoms with Crippen LogP contribution in [0.5, 0.6) is 11.5 Å². The predicted octanol–water partition coefficient (Wildman–Crippen LogP) is 5.29. The lowest BCUT2D eigenvalue weighted by Crippen LogP contribution is -2.47. The molecule has 0 aromatic heterocycles. The molecule has 2 atom stereocenters. The van der Waals surface area contributed by atoms with Gasteiger partial charge in [0.1, 0.15) is 0 Å². The number of rotatable bonds is 6. The summed E-state index contributed by atoms with van der Waals surface area (Å²) in [7, 11) is 1.57. The number of methoxy groups -OCH3 is 1. The van der Waals surface area contributed by atoms with Gasteiger partial charge in [-0.1, -0.05) is 0 Å². The topological polar surface area (TPSA) is 30.9 Å². The lowest BCUT2D eigenvalue weighted by Gasteiger charge is -2.44. The third-order valence-corrected chi connectivity index (χ3v) is 5.48. The highest BCUT2D eigenvalue weighted by atomic mass is 19.4. The van der Waals surface area contributed by atoms with Gasteiger partial charge in [-0.05, 0) is 69.7 Å². The molecular weight excluding hydrogens is 383 g/mol. The fourth-order valence-corrected chi connectivity index (χ4v) is 4.34. The molecule has 2 unspecified atom stereocenters. The van der Waals surface area contributed by atoms with E-state index in [9.17, 15) is 13.2 Å². The van der Waals surface area contributed by atoms with Gasteiger partial charge in [0.2, 0.25) is 0 Å². The maximum absolute atomic E-state index is 12.3. The Kier molecular flexibility index (Phi) is 6.68. The number of piperidine rings is 1. The van der Waals surface area contributed by atoms with Gasteiger partial charge < -0.3 is 14.2 Å². The first-order valence-electron chi connectivity index (χ1n) is 10.4. The van der Waals surface area contributed by atoms with Crippen LogP contribution in [0.3, 0.4) is 0 Å². The molecule has 164 valence electrons. The van der Waals surface area contributed by atoms with E-state index in [1.807, 2.05) is 12.1 Å². The maximum atomic E-state index is 12.3. The molecule has 1 aromatic rings. The summed E-state index contributed by atoms with van der Waals surface area (Å²) in [5.41, 5.74) is 2.30. The number of benzene rings is 1. The standard InChI is InChI=1S/C22H32F3NO3/c1-21(2,3)29-16-6-7-18-17-13-19(27-4)20(28-11-5-9-22(23,24)25)12-15(17)8-10-26(18)14-16/h12-13,16,18H,5-11,14H2,1-4H3. The van der Waals surface area contributed by atoms with Crippen LogP contribution in [0, 0.1) is 0 Å². The molecule has 7 heteroatoms. The fourth-order valence-electron chi connectivity index (χ4n) is 4.34. The van der Waals surface area contributed by atoms with Crippen LogP contribution in [0.25, 0.3) is 0 Å². The molecule has 0 amide bonds. The molecule has 3 rings (SSSR count). The number of hydrogen-bond acceptors (Lipinski definition) is 4. The zero-order valence-corrected chi connectivity index (χ0v) is 17.8. The van der Waals surface area contributed by atoms with E-state index in [4.69, 9.17) is 14.2 Å². The molecule has 0 spiro atoms. The van der Waals surface area contributed by atoms with Crippen LogP contribution in [-0.4, -0.2) is 49.6 Å². The van der Waals surface area contributed by atoms with Crippen molar-refractivity contribution in [2.75, 3.05) is 26.8 Å². The van der Waals surface area contributed by atoms with E-state index in [-0.39, 0.29) is 24.7 Å². The number of alkyl halides is 3. The lowest BCUT2D eigenvalue weighted by molar-refractivity contribution is -0.136. The van der Waals surface area contributed by atoms with Gasteiger partial charge >= 0.3 is 6.18 Å². The summed E-state index contributed by atoms with van der Waals surface area (Å²) in [6, 6.07) is 4.29. The molecule has 0 bridgehead atoms. The van der Waals surface area contributed by atoms with Crippen LogP contribution in [0.1, 0.15) is 63.6 Å². The van der Waals surface area contributed by atoms with Gasteiger partial charge in [-0.2, -0.15) is 13.2 Å². The van der Waals surface area contributed by atoms with Gasteiger partial charge in [-0.3, -0.25) is 4.90 Å². The molecule has 2 aliphatic rings. The van der Waals surface area contributed by atoms with Gasteiger partial charge in [0.15, 0.2) is 11.5 Å². The molecular formula is C22H32F3NO3. The van der Waals surface area contributed by atoms with Crippen LogP contribution >= 0.6 is 0 Å². The van der Waals surface area contributed by atoms with Crippen molar-refractivity contribution in [3.63, 3.8) is 0 Å². The second-order valence-corrected chi connectivity index (χ2v) is 8.96. The van der Waals surface area contributed by atoms with Crippen molar-refractivity contribution < 1.29 is 27.4 Å². The van der Waals surface area contributed by atoms with Gasteiger partial charge in [0.05, 0.1) is 25.4 Å². The average molecular weight is 415 g/mol. The summed E-state index contributed by atoms with van der Waals surface area (Å²) in [6.07, 6.45) is -1.90. The SMILES string of the molecule is COc1cc2c(cc1OCCCC(F)(F)F)CCN1CC(OC(C)(C)C)CCC21. The lowest BCUT2D eigenvalue weighted by atomic mass is 9.85. The number of fused-ring (bicyclic) bond motifs is 3. The van der Waals surface area contributed by atoms with Crippen LogP contribution < -0.4 is 9.47 Å². The highest BCUT2D eigenvalue weighted by molar-refractivity contribution is 5.49. The number of ether oxygens (including phenoxy) is 3. The zero-order chi connectivity index (χ0) is 21.2. The molecule has 4 nitrogen and oxygen atoms in total. The summed E-state index contributed by atoms with van der Waals surface area (Å²) in [5.74, 6) is 1.12. The highest BCUT2D eigenvalue weighted by Crippen LogP contribution is 2.42. The maximum Gasteiger partial charge on any atom is 0.389 e. The Morgan fingerprint density at radius 2 is 1.86 bits per heavy atom. The largest absolute Gasteiger partial charge is 0.493 e.